The van der Waals surface area contributed by atoms with Crippen molar-refractivity contribution in [3.63, 3.8) is 0 Å². The van der Waals surface area contributed by atoms with Gasteiger partial charge in [0, 0.05) is 23.5 Å². The van der Waals surface area contributed by atoms with Gasteiger partial charge in [0.2, 0.25) is 11.8 Å². The van der Waals surface area contributed by atoms with Crippen LogP contribution in [-0.2, 0) is 16.0 Å². The van der Waals surface area contributed by atoms with E-state index in [4.69, 9.17) is 0 Å². The van der Waals surface area contributed by atoms with Crippen molar-refractivity contribution in [2.75, 3.05) is 13.1 Å². The van der Waals surface area contributed by atoms with E-state index < -0.39 is 0 Å². The first kappa shape index (κ1) is 23.0. The fourth-order valence-corrected chi connectivity index (χ4v) is 5.30. The number of nitrogens with zero attached hydrogens (tertiary/aromatic N) is 2. The van der Waals surface area contributed by atoms with Gasteiger partial charge in [-0.1, -0.05) is 54.6 Å². The molecule has 1 aliphatic heterocycles. The molecule has 3 aromatic rings. The normalized spacial score (nSPS) is 15.6. The molecule has 1 atom stereocenters. The third kappa shape index (κ3) is 5.09. The van der Waals surface area contributed by atoms with Crippen molar-refractivity contribution < 1.29 is 9.59 Å². The zero-order chi connectivity index (χ0) is 23.4. The number of carbonyl (C=O) groups excluding carboxylic acids is 2. The molecule has 2 heterocycles. The first-order valence-electron chi connectivity index (χ1n) is 11.4. The molecule has 1 aromatic heterocycles. The minimum atomic E-state index is -0.150. The quantitative estimate of drug-likeness (QED) is 0.459. The Bertz CT molecular complexity index is 1150. The van der Waals surface area contributed by atoms with Crippen LogP contribution in [0.25, 0.3) is 6.08 Å². The summed E-state index contributed by atoms with van der Waals surface area (Å²) < 4.78 is 0. The highest BCUT2D eigenvalue weighted by molar-refractivity contribution is 7.10. The Kier molecular flexibility index (Phi) is 7.09. The summed E-state index contributed by atoms with van der Waals surface area (Å²) in [5.74, 6) is -0.168. The van der Waals surface area contributed by atoms with Crippen molar-refractivity contribution in [2.45, 2.75) is 39.3 Å². The van der Waals surface area contributed by atoms with Gasteiger partial charge in [-0.25, -0.2) is 0 Å². The summed E-state index contributed by atoms with van der Waals surface area (Å²) in [6.07, 6.45) is 4.22. The van der Waals surface area contributed by atoms with Crippen LogP contribution in [-0.4, -0.2) is 40.7 Å². The van der Waals surface area contributed by atoms with Gasteiger partial charge >= 0.3 is 0 Å². The molecule has 0 fully saturated rings. The van der Waals surface area contributed by atoms with Crippen LogP contribution >= 0.6 is 11.3 Å². The van der Waals surface area contributed by atoms with Gasteiger partial charge in [-0.05, 0) is 67.0 Å². The Balaban J connectivity index is 1.58. The maximum Gasteiger partial charge on any atom is 0.247 e. The molecular weight excluding hydrogens is 428 g/mol. The van der Waals surface area contributed by atoms with Gasteiger partial charge in [0.15, 0.2) is 0 Å². The van der Waals surface area contributed by atoms with E-state index in [9.17, 15) is 9.59 Å². The van der Waals surface area contributed by atoms with Gasteiger partial charge in [-0.3, -0.25) is 9.59 Å². The molecule has 0 spiro atoms. The molecule has 1 aliphatic rings. The minimum Gasteiger partial charge on any atom is -0.330 e. The number of rotatable bonds is 6. The van der Waals surface area contributed by atoms with E-state index in [0.29, 0.717) is 6.54 Å². The average molecular weight is 459 g/mol. The molecule has 0 saturated heterocycles. The third-order valence-electron chi connectivity index (χ3n) is 6.20. The zero-order valence-electron chi connectivity index (χ0n) is 19.4. The maximum absolute atomic E-state index is 13.6. The smallest absolute Gasteiger partial charge is 0.247 e. The molecule has 4 nitrogen and oxygen atoms in total. The second-order valence-corrected chi connectivity index (χ2v) is 9.70. The number of carbonyl (C=O) groups is 2. The molecule has 2 aromatic carbocycles. The number of hydrogen-bond donors (Lipinski definition) is 0. The first-order valence-corrected chi connectivity index (χ1v) is 12.3. The Hall–Kier alpha value is -3.18. The largest absolute Gasteiger partial charge is 0.330 e. The van der Waals surface area contributed by atoms with Crippen LogP contribution in [0.5, 0.6) is 0 Å². The summed E-state index contributed by atoms with van der Waals surface area (Å²) >= 11 is 1.76. The molecule has 5 heteroatoms. The predicted octanol–water partition coefficient (Wildman–Crippen LogP) is 5.48. The molecule has 0 saturated carbocycles. The van der Waals surface area contributed by atoms with E-state index >= 15 is 0 Å². The number of hydrogen-bond acceptors (Lipinski definition) is 3. The molecule has 2 amide bonds. The Morgan fingerprint density at radius 2 is 1.79 bits per heavy atom. The van der Waals surface area contributed by atoms with Crippen LogP contribution in [0.4, 0.5) is 0 Å². The maximum atomic E-state index is 13.6. The van der Waals surface area contributed by atoms with Gasteiger partial charge < -0.3 is 9.80 Å². The predicted molar refractivity (Wildman–Crippen MR) is 135 cm³/mol. The lowest BCUT2D eigenvalue weighted by molar-refractivity contribution is -0.140. The van der Waals surface area contributed by atoms with Crippen molar-refractivity contribution in [1.82, 2.24) is 9.80 Å². The van der Waals surface area contributed by atoms with Gasteiger partial charge in [-0.15, -0.1) is 11.3 Å². The molecule has 4 rings (SSSR count). The number of aryl methyl sites for hydroxylation is 1. The van der Waals surface area contributed by atoms with E-state index in [-0.39, 0.29) is 30.4 Å². The SMILES string of the molecule is Cc1ccccc1[C@@H]1c2ccsc2CCN1C(=O)CN(C(=O)/C=C/c1ccccc1)C(C)C. The molecule has 0 aliphatic carbocycles. The number of amides is 2. The van der Waals surface area contributed by atoms with E-state index in [1.165, 1.54) is 16.0 Å². The van der Waals surface area contributed by atoms with Gasteiger partial charge in [0.1, 0.15) is 6.54 Å². The number of thiophene rings is 1. The van der Waals surface area contributed by atoms with E-state index in [1.807, 2.05) is 61.2 Å². The molecular formula is C28H30N2O2S. The monoisotopic (exact) mass is 458 g/mol. The van der Waals surface area contributed by atoms with E-state index in [1.54, 1.807) is 28.4 Å². The van der Waals surface area contributed by atoms with Gasteiger partial charge in [0.05, 0.1) is 6.04 Å². The lowest BCUT2D eigenvalue weighted by Crippen LogP contribution is -2.48. The average Bonchev–Trinajstić information content (AvgIpc) is 3.30. The first-order chi connectivity index (χ1) is 16.0. The van der Waals surface area contributed by atoms with Crippen LogP contribution in [0.2, 0.25) is 0 Å². The van der Waals surface area contributed by atoms with Crippen LogP contribution in [0.1, 0.15) is 47.0 Å². The summed E-state index contributed by atoms with van der Waals surface area (Å²) in [7, 11) is 0. The lowest BCUT2D eigenvalue weighted by Gasteiger charge is -2.38. The summed E-state index contributed by atoms with van der Waals surface area (Å²) in [5, 5.41) is 2.11. The van der Waals surface area contributed by atoms with Crippen molar-refractivity contribution in [3.05, 3.63) is 99.3 Å². The van der Waals surface area contributed by atoms with Crippen LogP contribution in [0.3, 0.4) is 0 Å². The standard InChI is InChI=1S/C28H30N2O2S/c1-20(2)30(26(31)14-13-22-10-5-4-6-11-22)19-27(32)29-17-15-25-24(16-18-33-25)28(29)23-12-8-7-9-21(23)3/h4-14,16,18,20,28H,15,17,19H2,1-3H3/b14-13+/t28-/m1/s1. The number of fused-ring (bicyclic) bond motifs is 1. The molecule has 0 bridgehead atoms. The molecule has 0 radical (unpaired) electrons. The van der Waals surface area contributed by atoms with E-state index in [2.05, 4.69) is 30.5 Å². The van der Waals surface area contributed by atoms with Crippen molar-refractivity contribution in [1.29, 1.82) is 0 Å². The Morgan fingerprint density at radius 3 is 2.52 bits per heavy atom. The molecule has 170 valence electrons. The summed E-state index contributed by atoms with van der Waals surface area (Å²) in [5.41, 5.74) is 4.49. The highest BCUT2D eigenvalue weighted by Gasteiger charge is 2.34. The highest BCUT2D eigenvalue weighted by atomic mass is 32.1. The van der Waals surface area contributed by atoms with Gasteiger partial charge in [0.25, 0.3) is 0 Å². The lowest BCUT2D eigenvalue weighted by atomic mass is 9.90. The van der Waals surface area contributed by atoms with Crippen LogP contribution in [0.15, 0.2) is 72.1 Å². The zero-order valence-corrected chi connectivity index (χ0v) is 20.2. The second-order valence-electron chi connectivity index (χ2n) is 8.70. The van der Waals surface area contributed by atoms with Crippen molar-refractivity contribution >= 4 is 29.2 Å². The third-order valence-corrected chi connectivity index (χ3v) is 7.20. The number of benzene rings is 2. The molecule has 0 N–H and O–H groups in total. The van der Waals surface area contributed by atoms with E-state index in [0.717, 1.165) is 17.5 Å². The molecule has 33 heavy (non-hydrogen) atoms. The highest BCUT2D eigenvalue weighted by Crippen LogP contribution is 2.39. The summed E-state index contributed by atoms with van der Waals surface area (Å²) in [6, 6.07) is 19.9. The fourth-order valence-electron chi connectivity index (χ4n) is 4.39. The van der Waals surface area contributed by atoms with Crippen molar-refractivity contribution in [3.8, 4) is 0 Å². The fraction of sp³-hybridized carbons (Fsp3) is 0.286. The summed E-state index contributed by atoms with van der Waals surface area (Å²) in [4.78, 5) is 31.6. The Morgan fingerprint density at radius 1 is 1.06 bits per heavy atom. The second kappa shape index (κ2) is 10.2. The topological polar surface area (TPSA) is 40.6 Å². The van der Waals surface area contributed by atoms with Crippen LogP contribution in [0, 0.1) is 6.92 Å². The van der Waals surface area contributed by atoms with Crippen molar-refractivity contribution in [2.24, 2.45) is 0 Å². The summed E-state index contributed by atoms with van der Waals surface area (Å²) in [6.45, 7) is 6.72. The molecule has 0 unspecified atom stereocenters. The minimum absolute atomic E-state index is 0.0183. The Labute approximate surface area is 200 Å². The van der Waals surface area contributed by atoms with Gasteiger partial charge in [-0.2, -0.15) is 0 Å². The van der Waals surface area contributed by atoms with Crippen LogP contribution < -0.4 is 0 Å².